The molecule has 1 rings (SSSR count). The monoisotopic (exact) mass is 253 g/mol. The average Bonchev–Trinajstić information content (AvgIpc) is 2.36. The summed E-state index contributed by atoms with van der Waals surface area (Å²) in [5, 5.41) is 2.01. The molecule has 0 fully saturated rings. The first-order valence-electron chi connectivity index (χ1n) is 4.60. The Kier molecular flexibility index (Phi) is 4.63. The van der Waals surface area contributed by atoms with Gasteiger partial charge in [-0.15, -0.1) is 0 Å². The topological polar surface area (TPSA) is 57.1 Å². The number of carbonyl (C=O) groups excluding carboxylic acids is 1. The number of rotatable bonds is 4. The van der Waals surface area contributed by atoms with Gasteiger partial charge in [0.05, 0.1) is 32.1 Å². The number of hydrogen-bond acceptors (Lipinski definition) is 5. The lowest BCUT2D eigenvalue weighted by Crippen LogP contribution is -2.02. The van der Waals surface area contributed by atoms with Crippen molar-refractivity contribution in [3.8, 4) is 17.2 Å². The number of benzene rings is 1. The second kappa shape index (κ2) is 5.98. The van der Waals surface area contributed by atoms with Crippen LogP contribution in [0.25, 0.3) is 0 Å². The molecule has 0 N–H and O–H groups in total. The minimum absolute atomic E-state index is 0.238. The molecule has 0 aliphatic carbocycles. The molecule has 0 spiro atoms. The Balaban J connectivity index is 3.42. The van der Waals surface area contributed by atoms with E-state index in [2.05, 4.69) is 17.2 Å². The average molecular weight is 253 g/mol. The highest BCUT2D eigenvalue weighted by atomic mass is 32.1. The van der Waals surface area contributed by atoms with E-state index in [4.69, 9.17) is 14.2 Å². The molecule has 0 unspecified atom stereocenters. The zero-order valence-electron chi connectivity index (χ0n) is 9.64. The van der Waals surface area contributed by atoms with Crippen LogP contribution in [0.2, 0.25) is 0 Å². The van der Waals surface area contributed by atoms with E-state index in [1.54, 1.807) is 6.07 Å². The SMILES string of the molecule is COc1ccc(C(=O)N=C=S)c(OC)c1OC. The van der Waals surface area contributed by atoms with Crippen LogP contribution in [0.1, 0.15) is 10.4 Å². The summed E-state index contributed by atoms with van der Waals surface area (Å²) in [6, 6.07) is 3.12. The van der Waals surface area contributed by atoms with E-state index in [1.807, 2.05) is 5.16 Å². The number of ether oxygens (including phenoxy) is 3. The second-order valence-electron chi connectivity index (χ2n) is 2.89. The Hall–Kier alpha value is -1.91. The Morgan fingerprint density at radius 2 is 1.82 bits per heavy atom. The van der Waals surface area contributed by atoms with E-state index in [-0.39, 0.29) is 11.3 Å². The van der Waals surface area contributed by atoms with Crippen molar-refractivity contribution >= 4 is 23.3 Å². The molecule has 0 aliphatic heterocycles. The summed E-state index contributed by atoms with van der Waals surface area (Å²) in [7, 11) is 4.38. The lowest BCUT2D eigenvalue weighted by atomic mass is 10.1. The van der Waals surface area contributed by atoms with Crippen LogP contribution in [0.3, 0.4) is 0 Å². The zero-order valence-corrected chi connectivity index (χ0v) is 10.5. The van der Waals surface area contributed by atoms with Gasteiger partial charge in [-0.2, -0.15) is 4.99 Å². The van der Waals surface area contributed by atoms with Crippen LogP contribution in [0.5, 0.6) is 17.2 Å². The van der Waals surface area contributed by atoms with Crippen LogP contribution in [0, 0.1) is 0 Å². The Morgan fingerprint density at radius 3 is 2.29 bits per heavy atom. The third kappa shape index (κ3) is 2.61. The summed E-state index contributed by atoms with van der Waals surface area (Å²) < 4.78 is 15.4. The van der Waals surface area contributed by atoms with E-state index < -0.39 is 5.91 Å². The maximum atomic E-state index is 11.6. The smallest absolute Gasteiger partial charge is 0.289 e. The molecule has 0 saturated carbocycles. The van der Waals surface area contributed by atoms with Gasteiger partial charge in [-0.25, -0.2) is 0 Å². The normalized spacial score (nSPS) is 9.12. The summed E-state index contributed by atoms with van der Waals surface area (Å²) in [6.07, 6.45) is 0. The van der Waals surface area contributed by atoms with Gasteiger partial charge in [0.1, 0.15) is 0 Å². The van der Waals surface area contributed by atoms with Crippen molar-refractivity contribution < 1.29 is 19.0 Å². The first kappa shape index (κ1) is 13.2. The van der Waals surface area contributed by atoms with Gasteiger partial charge in [0.2, 0.25) is 5.75 Å². The van der Waals surface area contributed by atoms with Crippen LogP contribution in [0.15, 0.2) is 17.1 Å². The molecule has 0 bridgehead atoms. The largest absolute Gasteiger partial charge is 0.493 e. The van der Waals surface area contributed by atoms with Crippen molar-refractivity contribution in [2.24, 2.45) is 4.99 Å². The number of isothiocyanates is 1. The molecule has 6 heteroatoms. The number of thiocarbonyl (C=S) groups is 1. The summed E-state index contributed by atoms with van der Waals surface area (Å²) >= 11 is 4.38. The highest BCUT2D eigenvalue weighted by Gasteiger charge is 2.19. The number of methoxy groups -OCH3 is 3. The molecule has 0 radical (unpaired) electrons. The van der Waals surface area contributed by atoms with Crippen LogP contribution >= 0.6 is 12.2 Å². The lowest BCUT2D eigenvalue weighted by molar-refractivity contribution is 0.1000. The van der Waals surface area contributed by atoms with Crippen molar-refractivity contribution in [3.05, 3.63) is 17.7 Å². The summed E-state index contributed by atoms with van der Waals surface area (Å²) in [4.78, 5) is 15.0. The van der Waals surface area contributed by atoms with E-state index >= 15 is 0 Å². The molecule has 5 nitrogen and oxygen atoms in total. The van der Waals surface area contributed by atoms with E-state index in [9.17, 15) is 4.79 Å². The quantitative estimate of drug-likeness (QED) is 0.606. The van der Waals surface area contributed by atoms with Crippen molar-refractivity contribution in [3.63, 3.8) is 0 Å². The third-order valence-corrected chi connectivity index (χ3v) is 2.17. The first-order valence-corrected chi connectivity index (χ1v) is 5.01. The van der Waals surface area contributed by atoms with Gasteiger partial charge in [-0.1, -0.05) is 0 Å². The van der Waals surface area contributed by atoms with Gasteiger partial charge in [0, 0.05) is 0 Å². The van der Waals surface area contributed by atoms with Crippen molar-refractivity contribution in [1.82, 2.24) is 0 Å². The molecule has 1 aromatic rings. The highest BCUT2D eigenvalue weighted by Crippen LogP contribution is 2.39. The number of nitrogens with zero attached hydrogens (tertiary/aromatic N) is 1. The number of amides is 1. The maximum absolute atomic E-state index is 11.6. The molecule has 0 saturated heterocycles. The molecular formula is C11H11NO4S. The predicted octanol–water partition coefficient (Wildman–Crippen LogP) is 1.96. The van der Waals surface area contributed by atoms with Gasteiger partial charge < -0.3 is 14.2 Å². The van der Waals surface area contributed by atoms with Crippen molar-refractivity contribution in [1.29, 1.82) is 0 Å². The van der Waals surface area contributed by atoms with Gasteiger partial charge in [-0.3, -0.25) is 4.79 Å². The van der Waals surface area contributed by atoms with Crippen molar-refractivity contribution in [2.75, 3.05) is 21.3 Å². The van der Waals surface area contributed by atoms with Gasteiger partial charge in [-0.05, 0) is 24.4 Å². The Labute approximate surface area is 104 Å². The van der Waals surface area contributed by atoms with E-state index in [0.717, 1.165) is 0 Å². The van der Waals surface area contributed by atoms with Gasteiger partial charge in [0.25, 0.3) is 5.91 Å². The van der Waals surface area contributed by atoms with E-state index in [0.29, 0.717) is 11.5 Å². The first-order chi connectivity index (χ1) is 8.19. The molecule has 1 aromatic carbocycles. The molecule has 0 aromatic heterocycles. The summed E-state index contributed by atoms with van der Waals surface area (Å²) in [5.41, 5.74) is 0.238. The second-order valence-corrected chi connectivity index (χ2v) is 3.07. The molecule has 0 aliphatic rings. The third-order valence-electron chi connectivity index (χ3n) is 2.08. The van der Waals surface area contributed by atoms with Crippen LogP contribution < -0.4 is 14.2 Å². The highest BCUT2D eigenvalue weighted by molar-refractivity contribution is 7.78. The van der Waals surface area contributed by atoms with Gasteiger partial charge >= 0.3 is 0 Å². The predicted molar refractivity (Wildman–Crippen MR) is 65.5 cm³/mol. The molecule has 90 valence electrons. The van der Waals surface area contributed by atoms with Crippen LogP contribution in [-0.2, 0) is 0 Å². The summed E-state index contributed by atoms with van der Waals surface area (Å²) in [5.74, 6) is 0.510. The van der Waals surface area contributed by atoms with E-state index in [1.165, 1.54) is 27.4 Å². The van der Waals surface area contributed by atoms with Crippen molar-refractivity contribution in [2.45, 2.75) is 0 Å². The number of aliphatic imine (C=N–C) groups is 1. The molecule has 1 amide bonds. The zero-order chi connectivity index (χ0) is 12.8. The lowest BCUT2D eigenvalue weighted by Gasteiger charge is -2.13. The minimum Gasteiger partial charge on any atom is -0.493 e. The standard InChI is InChI=1S/C11H11NO4S/c1-14-8-5-4-7(11(13)12-6-17)9(15-2)10(8)16-3/h4-5H,1-3H3. The molecule has 0 heterocycles. The fraction of sp³-hybridized carbons (Fsp3) is 0.273. The molecular weight excluding hydrogens is 242 g/mol. The van der Waals surface area contributed by atoms with Crippen LogP contribution in [-0.4, -0.2) is 32.4 Å². The summed E-state index contributed by atoms with van der Waals surface area (Å²) in [6.45, 7) is 0. The molecule has 17 heavy (non-hydrogen) atoms. The Morgan fingerprint density at radius 1 is 1.18 bits per heavy atom. The minimum atomic E-state index is -0.544. The number of carbonyl (C=O) groups is 1. The molecule has 0 atom stereocenters. The maximum Gasteiger partial charge on any atom is 0.289 e. The Bertz CT molecular complexity index is 481. The number of hydrogen-bond donors (Lipinski definition) is 0. The fourth-order valence-corrected chi connectivity index (χ4v) is 1.45. The fourth-order valence-electron chi connectivity index (χ4n) is 1.37. The van der Waals surface area contributed by atoms with Gasteiger partial charge in [0.15, 0.2) is 11.5 Å². The van der Waals surface area contributed by atoms with Crippen LogP contribution in [0.4, 0.5) is 0 Å².